The third-order valence-corrected chi connectivity index (χ3v) is 4.18. The Hall–Kier alpha value is -1.79. The maximum Gasteiger partial charge on any atom is 0.293 e. The van der Waals surface area contributed by atoms with Crippen LogP contribution in [-0.4, -0.2) is 35.7 Å². The molecular formula is C16H20N2O3S. The first-order valence-corrected chi connectivity index (χ1v) is 8.13. The topological polar surface area (TPSA) is 72.6 Å². The largest absolute Gasteiger partial charge is 0.494 e. The summed E-state index contributed by atoms with van der Waals surface area (Å²) in [5.74, 6) is 0.626. The molecule has 5 nitrogen and oxygen atoms in total. The number of thioether (sulfide) groups is 1. The minimum Gasteiger partial charge on any atom is -0.494 e. The highest BCUT2D eigenvalue weighted by molar-refractivity contribution is 8.18. The molecule has 0 saturated carbocycles. The maximum absolute atomic E-state index is 12.0. The van der Waals surface area contributed by atoms with E-state index in [2.05, 4.69) is 0 Å². The molecule has 0 spiro atoms. The van der Waals surface area contributed by atoms with Crippen molar-refractivity contribution in [2.75, 3.05) is 19.7 Å². The van der Waals surface area contributed by atoms with Crippen molar-refractivity contribution in [2.45, 2.75) is 19.8 Å². The molecule has 0 aliphatic carbocycles. The fraction of sp³-hybridized carbons (Fsp3) is 0.375. The number of carbonyl (C=O) groups excluding carboxylic acids is 2. The molecule has 2 N–H and O–H groups in total. The molecule has 1 heterocycles. The number of hydrogen-bond acceptors (Lipinski definition) is 5. The molecule has 0 radical (unpaired) electrons. The number of rotatable bonds is 7. The lowest BCUT2D eigenvalue weighted by Crippen LogP contribution is -2.33. The smallest absolute Gasteiger partial charge is 0.293 e. The number of allylic oxidation sites excluding steroid dienone is 1. The van der Waals surface area contributed by atoms with Gasteiger partial charge in [0.2, 0.25) is 0 Å². The van der Waals surface area contributed by atoms with Crippen LogP contribution in [0.3, 0.4) is 0 Å². The predicted octanol–water partition coefficient (Wildman–Crippen LogP) is 2.56. The molecule has 6 heteroatoms. The van der Waals surface area contributed by atoms with Gasteiger partial charge in [0.05, 0.1) is 11.5 Å². The maximum atomic E-state index is 12.0. The summed E-state index contributed by atoms with van der Waals surface area (Å²) in [5.41, 5.74) is 6.57. The van der Waals surface area contributed by atoms with Gasteiger partial charge in [-0.25, -0.2) is 0 Å². The molecule has 1 aliphatic rings. The Morgan fingerprint density at radius 2 is 2.00 bits per heavy atom. The standard InChI is InChI=1S/C16H20N2O3S/c1-2-21-13-8-6-12(7-9-13)4-3-5-14-15(19)18(11-10-17)16(20)22-14/h5-9H,2-4,10-11,17H2,1H3. The first-order chi connectivity index (χ1) is 10.7. The zero-order valence-electron chi connectivity index (χ0n) is 12.6. The molecule has 22 heavy (non-hydrogen) atoms. The molecule has 2 rings (SSSR count). The highest BCUT2D eigenvalue weighted by Gasteiger charge is 2.33. The first-order valence-electron chi connectivity index (χ1n) is 7.31. The van der Waals surface area contributed by atoms with E-state index in [-0.39, 0.29) is 24.2 Å². The van der Waals surface area contributed by atoms with Crippen molar-refractivity contribution in [3.8, 4) is 5.75 Å². The summed E-state index contributed by atoms with van der Waals surface area (Å²) in [4.78, 5) is 25.4. The molecule has 0 bridgehead atoms. The Labute approximate surface area is 134 Å². The first kappa shape index (κ1) is 16.6. The summed E-state index contributed by atoms with van der Waals surface area (Å²) < 4.78 is 5.39. The lowest BCUT2D eigenvalue weighted by molar-refractivity contribution is -0.122. The normalized spacial score (nSPS) is 16.6. The SMILES string of the molecule is CCOc1ccc(CCC=C2SC(=O)N(CCN)C2=O)cc1. The van der Waals surface area contributed by atoms with Gasteiger partial charge in [-0.3, -0.25) is 14.5 Å². The van der Waals surface area contributed by atoms with E-state index in [0.717, 1.165) is 23.9 Å². The number of hydrogen-bond donors (Lipinski definition) is 1. The van der Waals surface area contributed by atoms with E-state index in [9.17, 15) is 9.59 Å². The number of amides is 2. The molecular weight excluding hydrogens is 300 g/mol. The van der Waals surface area contributed by atoms with Crippen LogP contribution in [0.2, 0.25) is 0 Å². The van der Waals surface area contributed by atoms with E-state index in [1.165, 1.54) is 10.5 Å². The minimum atomic E-state index is -0.234. The lowest BCUT2D eigenvalue weighted by atomic mass is 10.1. The van der Waals surface area contributed by atoms with Gasteiger partial charge in [0.25, 0.3) is 11.1 Å². The van der Waals surface area contributed by atoms with Gasteiger partial charge in [-0.05, 0) is 49.2 Å². The summed E-state index contributed by atoms with van der Waals surface area (Å²) in [7, 11) is 0. The van der Waals surface area contributed by atoms with Gasteiger partial charge in [-0.15, -0.1) is 0 Å². The Morgan fingerprint density at radius 3 is 2.64 bits per heavy atom. The number of ether oxygens (including phenoxy) is 1. The fourth-order valence-corrected chi connectivity index (χ4v) is 3.02. The molecule has 1 saturated heterocycles. The van der Waals surface area contributed by atoms with E-state index in [1.54, 1.807) is 0 Å². The average Bonchev–Trinajstić information content (AvgIpc) is 2.77. The van der Waals surface area contributed by atoms with E-state index in [0.29, 0.717) is 17.9 Å². The molecule has 0 aromatic heterocycles. The van der Waals surface area contributed by atoms with Crippen LogP contribution in [0.15, 0.2) is 35.2 Å². The molecule has 1 aromatic rings. The van der Waals surface area contributed by atoms with E-state index in [1.807, 2.05) is 37.3 Å². The Balaban J connectivity index is 1.89. The van der Waals surface area contributed by atoms with E-state index >= 15 is 0 Å². The van der Waals surface area contributed by atoms with Crippen molar-refractivity contribution >= 4 is 22.9 Å². The molecule has 1 fully saturated rings. The number of nitrogens with zero attached hydrogens (tertiary/aromatic N) is 1. The zero-order valence-corrected chi connectivity index (χ0v) is 13.4. The Morgan fingerprint density at radius 1 is 1.27 bits per heavy atom. The van der Waals surface area contributed by atoms with Gasteiger partial charge in [0, 0.05) is 13.1 Å². The van der Waals surface area contributed by atoms with Crippen LogP contribution in [0.1, 0.15) is 18.9 Å². The number of nitrogens with two attached hydrogens (primary N) is 1. The number of carbonyl (C=O) groups is 2. The monoisotopic (exact) mass is 320 g/mol. The van der Waals surface area contributed by atoms with Crippen LogP contribution in [0.25, 0.3) is 0 Å². The van der Waals surface area contributed by atoms with Crippen molar-refractivity contribution in [1.29, 1.82) is 0 Å². The van der Waals surface area contributed by atoms with Crippen LogP contribution >= 0.6 is 11.8 Å². The zero-order chi connectivity index (χ0) is 15.9. The van der Waals surface area contributed by atoms with Gasteiger partial charge in [0.1, 0.15) is 5.75 Å². The quantitative estimate of drug-likeness (QED) is 0.782. The highest BCUT2D eigenvalue weighted by atomic mass is 32.2. The number of benzene rings is 1. The van der Waals surface area contributed by atoms with Crippen molar-refractivity contribution in [3.05, 3.63) is 40.8 Å². The molecule has 0 unspecified atom stereocenters. The van der Waals surface area contributed by atoms with Crippen molar-refractivity contribution in [1.82, 2.24) is 4.90 Å². The number of aryl methyl sites for hydroxylation is 1. The van der Waals surface area contributed by atoms with Crippen LogP contribution in [0, 0.1) is 0 Å². The summed E-state index contributed by atoms with van der Waals surface area (Å²) in [6, 6.07) is 7.90. The summed E-state index contributed by atoms with van der Waals surface area (Å²) in [6.07, 6.45) is 3.36. The molecule has 1 aromatic carbocycles. The third kappa shape index (κ3) is 4.11. The van der Waals surface area contributed by atoms with E-state index in [4.69, 9.17) is 10.5 Å². The summed E-state index contributed by atoms with van der Waals surface area (Å²) in [5, 5.41) is -0.234. The van der Waals surface area contributed by atoms with Crippen LogP contribution in [-0.2, 0) is 11.2 Å². The highest BCUT2D eigenvalue weighted by Crippen LogP contribution is 2.30. The fourth-order valence-electron chi connectivity index (χ4n) is 2.15. The number of imide groups is 1. The summed E-state index contributed by atoms with van der Waals surface area (Å²) in [6.45, 7) is 3.17. The average molecular weight is 320 g/mol. The van der Waals surface area contributed by atoms with Crippen LogP contribution < -0.4 is 10.5 Å². The predicted molar refractivity (Wildman–Crippen MR) is 87.8 cm³/mol. The van der Waals surface area contributed by atoms with Gasteiger partial charge < -0.3 is 10.5 Å². The Kier molecular flexibility index (Phi) is 6.03. The van der Waals surface area contributed by atoms with Crippen LogP contribution in [0.5, 0.6) is 5.75 Å². The molecule has 2 amide bonds. The van der Waals surface area contributed by atoms with Crippen molar-refractivity contribution < 1.29 is 14.3 Å². The third-order valence-electron chi connectivity index (χ3n) is 3.22. The minimum absolute atomic E-state index is 0.229. The second-order valence-electron chi connectivity index (χ2n) is 4.80. The lowest BCUT2D eigenvalue weighted by Gasteiger charge is -2.09. The second kappa shape index (κ2) is 8.00. The van der Waals surface area contributed by atoms with Gasteiger partial charge >= 0.3 is 0 Å². The van der Waals surface area contributed by atoms with Gasteiger partial charge in [0.15, 0.2) is 0 Å². The summed E-state index contributed by atoms with van der Waals surface area (Å²) >= 11 is 0.989. The van der Waals surface area contributed by atoms with Crippen molar-refractivity contribution in [2.24, 2.45) is 5.73 Å². The van der Waals surface area contributed by atoms with E-state index < -0.39 is 0 Å². The molecule has 1 aliphatic heterocycles. The second-order valence-corrected chi connectivity index (χ2v) is 5.79. The van der Waals surface area contributed by atoms with Gasteiger partial charge in [-0.1, -0.05) is 18.2 Å². The molecule has 0 atom stereocenters. The Bertz CT molecular complexity index is 569. The van der Waals surface area contributed by atoms with Gasteiger partial charge in [-0.2, -0.15) is 0 Å². The van der Waals surface area contributed by atoms with Crippen LogP contribution in [0.4, 0.5) is 4.79 Å². The van der Waals surface area contributed by atoms with Crippen molar-refractivity contribution in [3.63, 3.8) is 0 Å². The molecule has 118 valence electrons.